The molecule has 4 heteroatoms. The Kier molecular flexibility index (Phi) is 4.33. The fourth-order valence-electron chi connectivity index (χ4n) is 1.70. The van der Waals surface area contributed by atoms with E-state index in [1.165, 1.54) is 0 Å². The van der Waals surface area contributed by atoms with Crippen LogP contribution >= 0.6 is 11.6 Å². The Bertz CT molecular complexity index is 342. The summed E-state index contributed by atoms with van der Waals surface area (Å²) in [6.07, 6.45) is 3.24. The fourth-order valence-corrected chi connectivity index (χ4v) is 1.93. The third-order valence-corrected chi connectivity index (χ3v) is 2.96. The molecule has 0 bridgehead atoms. The van der Waals surface area contributed by atoms with Gasteiger partial charge in [-0.05, 0) is 19.8 Å². The van der Waals surface area contributed by atoms with Crippen molar-refractivity contribution >= 4 is 17.4 Å². The van der Waals surface area contributed by atoms with Crippen LogP contribution in [0, 0.1) is 5.92 Å². The van der Waals surface area contributed by atoms with Crippen molar-refractivity contribution in [3.63, 3.8) is 0 Å². The van der Waals surface area contributed by atoms with Crippen LogP contribution < -0.4 is 0 Å². The molecule has 0 fully saturated rings. The van der Waals surface area contributed by atoms with Gasteiger partial charge in [-0.15, -0.1) is 0 Å². The number of aryl methyl sites for hydroxylation is 1. The molecule has 1 aromatic rings. The average molecular weight is 229 g/mol. The first-order valence-corrected chi connectivity index (χ1v) is 5.78. The minimum Gasteiger partial charge on any atom is -0.292 e. The molecule has 84 valence electrons. The lowest BCUT2D eigenvalue weighted by Gasteiger charge is -2.12. The normalized spacial score (nSPS) is 11.0. The number of aromatic nitrogens is 2. The van der Waals surface area contributed by atoms with Gasteiger partial charge < -0.3 is 0 Å². The monoisotopic (exact) mass is 228 g/mol. The Morgan fingerprint density at radius 2 is 2.07 bits per heavy atom. The van der Waals surface area contributed by atoms with Crippen molar-refractivity contribution < 1.29 is 4.79 Å². The summed E-state index contributed by atoms with van der Waals surface area (Å²) in [5, 5.41) is 4.54. The molecular weight excluding hydrogens is 212 g/mol. The fraction of sp³-hybridized carbons (Fsp3) is 0.636. The molecule has 0 radical (unpaired) electrons. The first kappa shape index (κ1) is 12.2. The molecule has 1 heterocycles. The molecule has 0 saturated heterocycles. The van der Waals surface area contributed by atoms with Crippen LogP contribution in [-0.2, 0) is 6.54 Å². The van der Waals surface area contributed by atoms with Crippen LogP contribution in [0.15, 0.2) is 6.20 Å². The summed E-state index contributed by atoms with van der Waals surface area (Å²) in [4.78, 5) is 12.1. The standard InChI is InChI=1S/C11H17ClN2O/c1-4-8(5-2)11(15)10-9(12)7-13-14(10)6-3/h7-8H,4-6H2,1-3H3. The van der Waals surface area contributed by atoms with Gasteiger partial charge in [0.25, 0.3) is 0 Å². The third-order valence-electron chi connectivity index (χ3n) is 2.68. The average Bonchev–Trinajstić information content (AvgIpc) is 2.61. The van der Waals surface area contributed by atoms with Gasteiger partial charge in [-0.25, -0.2) is 0 Å². The van der Waals surface area contributed by atoms with Crippen molar-refractivity contribution in [2.75, 3.05) is 0 Å². The van der Waals surface area contributed by atoms with Crippen molar-refractivity contribution in [1.82, 2.24) is 9.78 Å². The highest BCUT2D eigenvalue weighted by Gasteiger charge is 2.22. The quantitative estimate of drug-likeness (QED) is 0.726. The van der Waals surface area contributed by atoms with E-state index in [4.69, 9.17) is 11.6 Å². The first-order chi connectivity index (χ1) is 7.15. The molecule has 0 N–H and O–H groups in total. The van der Waals surface area contributed by atoms with E-state index in [1.807, 2.05) is 20.8 Å². The van der Waals surface area contributed by atoms with Crippen molar-refractivity contribution in [1.29, 1.82) is 0 Å². The molecule has 0 amide bonds. The van der Waals surface area contributed by atoms with Crippen molar-refractivity contribution in [3.05, 3.63) is 16.9 Å². The second-order valence-electron chi connectivity index (χ2n) is 3.53. The third kappa shape index (κ3) is 2.40. The van der Waals surface area contributed by atoms with Gasteiger partial charge in [0.15, 0.2) is 5.78 Å². The van der Waals surface area contributed by atoms with Crippen LogP contribution in [0.5, 0.6) is 0 Å². The molecule has 15 heavy (non-hydrogen) atoms. The van der Waals surface area contributed by atoms with E-state index in [0.29, 0.717) is 17.3 Å². The van der Waals surface area contributed by atoms with E-state index in [1.54, 1.807) is 10.9 Å². The number of halogens is 1. The lowest BCUT2D eigenvalue weighted by molar-refractivity contribution is 0.0902. The van der Waals surface area contributed by atoms with Crippen LogP contribution in [0.1, 0.15) is 44.1 Å². The molecule has 0 spiro atoms. The van der Waals surface area contributed by atoms with Gasteiger partial charge in [-0.1, -0.05) is 25.4 Å². The highest BCUT2D eigenvalue weighted by molar-refractivity contribution is 6.33. The summed E-state index contributed by atoms with van der Waals surface area (Å²) >= 11 is 5.97. The zero-order valence-corrected chi connectivity index (χ0v) is 10.2. The SMILES string of the molecule is CCC(CC)C(=O)c1c(Cl)cnn1CC. The molecule has 3 nitrogen and oxygen atoms in total. The molecular formula is C11H17ClN2O. The lowest BCUT2D eigenvalue weighted by atomic mass is 9.96. The van der Waals surface area contributed by atoms with Crippen molar-refractivity contribution in [2.24, 2.45) is 5.92 Å². The molecule has 0 aliphatic carbocycles. The van der Waals surface area contributed by atoms with E-state index < -0.39 is 0 Å². The van der Waals surface area contributed by atoms with Crippen LogP contribution in [0.2, 0.25) is 5.02 Å². The summed E-state index contributed by atoms with van der Waals surface area (Å²) < 4.78 is 1.67. The van der Waals surface area contributed by atoms with Crippen LogP contribution in [0.4, 0.5) is 0 Å². The number of hydrogen-bond donors (Lipinski definition) is 0. The number of rotatable bonds is 5. The van der Waals surface area contributed by atoms with Gasteiger partial charge in [-0.2, -0.15) is 5.10 Å². The van der Waals surface area contributed by atoms with Crippen molar-refractivity contribution in [2.45, 2.75) is 40.2 Å². The van der Waals surface area contributed by atoms with Gasteiger partial charge in [0, 0.05) is 12.5 Å². The van der Waals surface area contributed by atoms with Crippen molar-refractivity contribution in [3.8, 4) is 0 Å². The Morgan fingerprint density at radius 1 is 1.47 bits per heavy atom. The molecule has 0 unspecified atom stereocenters. The Labute approximate surface area is 95.4 Å². The van der Waals surface area contributed by atoms with E-state index in [9.17, 15) is 4.79 Å². The lowest BCUT2D eigenvalue weighted by Crippen LogP contribution is -2.18. The maximum atomic E-state index is 12.1. The van der Waals surface area contributed by atoms with Gasteiger partial charge >= 0.3 is 0 Å². The predicted molar refractivity (Wildman–Crippen MR) is 61.3 cm³/mol. The Morgan fingerprint density at radius 3 is 2.53 bits per heavy atom. The molecule has 0 aromatic carbocycles. The largest absolute Gasteiger partial charge is 0.292 e. The highest BCUT2D eigenvalue weighted by atomic mass is 35.5. The number of carbonyl (C=O) groups excluding carboxylic acids is 1. The van der Waals surface area contributed by atoms with Gasteiger partial charge in [0.1, 0.15) is 5.69 Å². The minimum atomic E-state index is 0.0597. The van der Waals surface area contributed by atoms with Gasteiger partial charge in [0.2, 0.25) is 0 Å². The van der Waals surface area contributed by atoms with Gasteiger partial charge in [-0.3, -0.25) is 9.48 Å². The Hall–Kier alpha value is -0.830. The smallest absolute Gasteiger partial charge is 0.185 e. The summed E-state index contributed by atoms with van der Waals surface area (Å²) in [7, 11) is 0. The number of hydrogen-bond acceptors (Lipinski definition) is 2. The molecule has 1 aromatic heterocycles. The maximum absolute atomic E-state index is 12.1. The topological polar surface area (TPSA) is 34.9 Å². The Balaban J connectivity index is 3.03. The second kappa shape index (κ2) is 5.31. The number of Topliss-reactive ketones (excluding diaryl/α,β-unsaturated/α-hetero) is 1. The predicted octanol–water partition coefficient (Wildman–Crippen LogP) is 3.18. The van der Waals surface area contributed by atoms with E-state index >= 15 is 0 Å². The summed E-state index contributed by atoms with van der Waals surface area (Å²) in [5.41, 5.74) is 0.563. The van der Waals surface area contributed by atoms with Crippen LogP contribution in [0.25, 0.3) is 0 Å². The first-order valence-electron chi connectivity index (χ1n) is 5.41. The molecule has 0 aliphatic heterocycles. The number of ketones is 1. The second-order valence-corrected chi connectivity index (χ2v) is 3.94. The minimum absolute atomic E-state index is 0.0597. The number of carbonyl (C=O) groups is 1. The molecule has 0 atom stereocenters. The zero-order chi connectivity index (χ0) is 11.4. The molecule has 0 aliphatic rings. The highest BCUT2D eigenvalue weighted by Crippen LogP contribution is 2.22. The van der Waals surface area contributed by atoms with Gasteiger partial charge in [0.05, 0.1) is 11.2 Å². The van der Waals surface area contributed by atoms with E-state index in [-0.39, 0.29) is 11.7 Å². The summed E-state index contributed by atoms with van der Waals surface area (Å²) in [6.45, 7) is 6.67. The molecule has 1 rings (SSSR count). The molecule has 0 saturated carbocycles. The van der Waals surface area contributed by atoms with Crippen LogP contribution in [-0.4, -0.2) is 15.6 Å². The summed E-state index contributed by atoms with van der Waals surface area (Å²) in [6, 6.07) is 0. The maximum Gasteiger partial charge on any atom is 0.185 e. The zero-order valence-electron chi connectivity index (χ0n) is 9.46. The van der Waals surface area contributed by atoms with E-state index in [0.717, 1.165) is 12.8 Å². The van der Waals surface area contributed by atoms with Crippen LogP contribution in [0.3, 0.4) is 0 Å². The summed E-state index contributed by atoms with van der Waals surface area (Å²) in [5.74, 6) is 0.175. The van der Waals surface area contributed by atoms with E-state index in [2.05, 4.69) is 5.10 Å². The number of nitrogens with zero attached hydrogens (tertiary/aromatic N) is 2.